The van der Waals surface area contributed by atoms with Gasteiger partial charge in [0.25, 0.3) is 5.56 Å². The second-order valence-corrected chi connectivity index (χ2v) is 9.90. The number of benzene rings is 1. The molecule has 3 aromatic rings. The number of hydrogen-bond acceptors (Lipinski definition) is 4. The number of aromatic amines is 1. The molecule has 0 amide bonds. The van der Waals surface area contributed by atoms with Gasteiger partial charge < -0.3 is 9.72 Å². The molecule has 0 atom stereocenters. The molecule has 0 spiro atoms. The fourth-order valence-electron chi connectivity index (χ4n) is 5.39. The molecule has 4 heterocycles. The Bertz CT molecular complexity index is 1210. The van der Waals surface area contributed by atoms with Crippen molar-refractivity contribution in [3.05, 3.63) is 50.8 Å². The highest BCUT2D eigenvalue weighted by Gasteiger charge is 2.30. The van der Waals surface area contributed by atoms with Crippen LogP contribution in [0.3, 0.4) is 0 Å². The van der Waals surface area contributed by atoms with Crippen LogP contribution in [0.5, 0.6) is 0 Å². The Morgan fingerprint density at radius 2 is 1.84 bits per heavy atom. The third-order valence-corrected chi connectivity index (χ3v) is 7.60. The van der Waals surface area contributed by atoms with E-state index in [1.165, 1.54) is 34.0 Å². The van der Waals surface area contributed by atoms with Gasteiger partial charge in [0.2, 0.25) is 0 Å². The highest BCUT2D eigenvalue weighted by atomic mass is 16.5. The molecule has 2 fully saturated rings. The van der Waals surface area contributed by atoms with Crippen molar-refractivity contribution in [1.82, 2.24) is 19.7 Å². The molecule has 1 N–H and O–H groups in total. The van der Waals surface area contributed by atoms with Gasteiger partial charge in [-0.3, -0.25) is 9.69 Å². The number of piperidine rings is 1. The van der Waals surface area contributed by atoms with E-state index >= 15 is 0 Å². The normalized spacial score (nSPS) is 18.6. The van der Waals surface area contributed by atoms with Crippen molar-refractivity contribution in [2.45, 2.75) is 58.4 Å². The third kappa shape index (κ3) is 3.50. The van der Waals surface area contributed by atoms with Gasteiger partial charge in [-0.2, -0.15) is 5.10 Å². The molecular formula is C26H34N4O2. The third-order valence-electron chi connectivity index (χ3n) is 7.60. The standard InChI is InChI=1S/C26H34N4O2/c1-15(2)23-21-12-19(18-8-10-30(11-9-18)20-13-32-14-20)6-7-22(21)27-25(23)24-16(3)17(4)26(31)29(5)28-24/h6-7,12,15,18,20,27H,8-11,13-14H2,1-5H3. The van der Waals surface area contributed by atoms with Crippen LogP contribution in [0.4, 0.5) is 0 Å². The van der Waals surface area contributed by atoms with E-state index in [9.17, 15) is 4.79 Å². The number of nitrogens with zero attached hydrogens (tertiary/aromatic N) is 3. The summed E-state index contributed by atoms with van der Waals surface area (Å²) in [6, 6.07) is 7.57. The lowest BCUT2D eigenvalue weighted by Gasteiger charge is -2.41. The summed E-state index contributed by atoms with van der Waals surface area (Å²) in [6.07, 6.45) is 2.41. The highest BCUT2D eigenvalue weighted by molar-refractivity contribution is 5.91. The van der Waals surface area contributed by atoms with Crippen molar-refractivity contribution in [2.75, 3.05) is 26.3 Å². The summed E-state index contributed by atoms with van der Waals surface area (Å²) >= 11 is 0. The second kappa shape index (κ2) is 8.16. The molecule has 0 saturated carbocycles. The van der Waals surface area contributed by atoms with Gasteiger partial charge in [-0.25, -0.2) is 4.68 Å². The molecule has 0 aliphatic carbocycles. The second-order valence-electron chi connectivity index (χ2n) is 9.90. The van der Waals surface area contributed by atoms with E-state index in [0.29, 0.717) is 17.9 Å². The van der Waals surface area contributed by atoms with Crippen LogP contribution in [0.15, 0.2) is 23.0 Å². The lowest BCUT2D eigenvalue weighted by Crippen LogP contribution is -2.51. The SMILES string of the molecule is Cc1c(-c2[nH]c3ccc(C4CCN(C5COC5)CC4)cc3c2C(C)C)nn(C)c(=O)c1C. The summed E-state index contributed by atoms with van der Waals surface area (Å²) in [5.41, 5.74) is 7.48. The minimum Gasteiger partial charge on any atom is -0.378 e. The molecule has 0 unspecified atom stereocenters. The van der Waals surface area contributed by atoms with Crippen molar-refractivity contribution in [3.8, 4) is 11.4 Å². The highest BCUT2D eigenvalue weighted by Crippen LogP contribution is 2.38. The number of aryl methyl sites for hydroxylation is 1. The average Bonchev–Trinajstić information content (AvgIpc) is 3.13. The summed E-state index contributed by atoms with van der Waals surface area (Å²) in [5.74, 6) is 0.947. The summed E-state index contributed by atoms with van der Waals surface area (Å²) in [6.45, 7) is 12.5. The number of fused-ring (bicyclic) bond motifs is 1. The van der Waals surface area contributed by atoms with E-state index in [1.807, 2.05) is 13.8 Å². The topological polar surface area (TPSA) is 63.2 Å². The smallest absolute Gasteiger partial charge is 0.269 e. The lowest BCUT2D eigenvalue weighted by atomic mass is 9.87. The monoisotopic (exact) mass is 434 g/mol. The van der Waals surface area contributed by atoms with Crippen molar-refractivity contribution >= 4 is 10.9 Å². The van der Waals surface area contributed by atoms with Crippen molar-refractivity contribution in [1.29, 1.82) is 0 Å². The van der Waals surface area contributed by atoms with Crippen LogP contribution < -0.4 is 5.56 Å². The maximum Gasteiger partial charge on any atom is 0.269 e. The summed E-state index contributed by atoms with van der Waals surface area (Å²) in [7, 11) is 1.73. The Labute approximate surface area is 189 Å². The van der Waals surface area contributed by atoms with Crippen LogP contribution in [0.1, 0.15) is 60.8 Å². The largest absolute Gasteiger partial charge is 0.378 e. The van der Waals surface area contributed by atoms with E-state index in [2.05, 4.69) is 47.0 Å². The predicted octanol–water partition coefficient (Wildman–Crippen LogP) is 4.25. The van der Waals surface area contributed by atoms with Crippen LogP contribution in [0, 0.1) is 13.8 Å². The Hall–Kier alpha value is -2.44. The minimum absolute atomic E-state index is 0.0319. The predicted molar refractivity (Wildman–Crippen MR) is 128 cm³/mol. The maximum absolute atomic E-state index is 12.4. The summed E-state index contributed by atoms with van der Waals surface area (Å²) < 4.78 is 6.84. The first-order valence-electron chi connectivity index (χ1n) is 11.9. The first-order valence-corrected chi connectivity index (χ1v) is 11.9. The van der Waals surface area contributed by atoms with Gasteiger partial charge in [-0.05, 0) is 80.4 Å². The van der Waals surface area contributed by atoms with E-state index in [-0.39, 0.29) is 5.56 Å². The Morgan fingerprint density at radius 1 is 1.12 bits per heavy atom. The molecule has 6 heteroatoms. The van der Waals surface area contributed by atoms with Crippen molar-refractivity contribution in [3.63, 3.8) is 0 Å². The number of ether oxygens (including phenoxy) is 1. The molecule has 2 aliphatic heterocycles. The van der Waals surface area contributed by atoms with Crippen LogP contribution in [-0.4, -0.2) is 52.0 Å². The van der Waals surface area contributed by atoms with Crippen LogP contribution in [0.2, 0.25) is 0 Å². The lowest BCUT2D eigenvalue weighted by molar-refractivity contribution is -0.0712. The average molecular weight is 435 g/mol. The van der Waals surface area contributed by atoms with E-state index < -0.39 is 0 Å². The zero-order valence-corrected chi connectivity index (χ0v) is 19.9. The molecule has 170 valence electrons. The molecule has 5 rings (SSSR count). The van der Waals surface area contributed by atoms with Gasteiger partial charge in [-0.15, -0.1) is 0 Å². The van der Waals surface area contributed by atoms with Gasteiger partial charge in [0.05, 0.1) is 24.9 Å². The molecule has 0 radical (unpaired) electrons. The van der Waals surface area contributed by atoms with Gasteiger partial charge in [0, 0.05) is 23.5 Å². The van der Waals surface area contributed by atoms with Crippen LogP contribution in [0.25, 0.3) is 22.3 Å². The van der Waals surface area contributed by atoms with Crippen molar-refractivity contribution < 1.29 is 4.74 Å². The number of hydrogen-bond donors (Lipinski definition) is 1. The molecule has 32 heavy (non-hydrogen) atoms. The Morgan fingerprint density at radius 3 is 2.47 bits per heavy atom. The van der Waals surface area contributed by atoms with E-state index in [4.69, 9.17) is 4.74 Å². The fraction of sp³-hybridized carbons (Fsp3) is 0.538. The van der Waals surface area contributed by atoms with Gasteiger partial charge in [0.1, 0.15) is 5.69 Å². The van der Waals surface area contributed by atoms with Gasteiger partial charge in [-0.1, -0.05) is 19.9 Å². The minimum atomic E-state index is -0.0319. The number of nitrogens with one attached hydrogen (secondary N) is 1. The van der Waals surface area contributed by atoms with Gasteiger partial charge in [0.15, 0.2) is 0 Å². The number of likely N-dealkylation sites (tertiary alicyclic amines) is 1. The molecule has 0 bridgehead atoms. The first-order chi connectivity index (χ1) is 15.3. The van der Waals surface area contributed by atoms with Crippen LogP contribution >= 0.6 is 0 Å². The molecular weight excluding hydrogens is 400 g/mol. The fourth-order valence-corrected chi connectivity index (χ4v) is 5.39. The molecule has 2 saturated heterocycles. The molecule has 2 aromatic heterocycles. The summed E-state index contributed by atoms with van der Waals surface area (Å²) in [4.78, 5) is 18.6. The molecule has 1 aromatic carbocycles. The number of rotatable bonds is 4. The molecule has 2 aliphatic rings. The van der Waals surface area contributed by atoms with E-state index in [0.717, 1.165) is 54.3 Å². The molecule has 6 nitrogen and oxygen atoms in total. The van der Waals surface area contributed by atoms with Crippen LogP contribution in [-0.2, 0) is 11.8 Å². The summed E-state index contributed by atoms with van der Waals surface area (Å²) in [5, 5.41) is 5.94. The number of aromatic nitrogens is 3. The number of H-pyrrole nitrogens is 1. The Balaban J connectivity index is 1.53. The van der Waals surface area contributed by atoms with E-state index in [1.54, 1.807) is 7.05 Å². The quantitative estimate of drug-likeness (QED) is 0.667. The van der Waals surface area contributed by atoms with Gasteiger partial charge >= 0.3 is 0 Å². The zero-order chi connectivity index (χ0) is 22.6. The first kappa shape index (κ1) is 21.4. The zero-order valence-electron chi connectivity index (χ0n) is 19.9. The Kier molecular flexibility index (Phi) is 5.46. The maximum atomic E-state index is 12.4. The van der Waals surface area contributed by atoms with Crippen molar-refractivity contribution in [2.24, 2.45) is 7.05 Å².